The van der Waals surface area contributed by atoms with E-state index in [1.807, 2.05) is 37.3 Å². The number of hydrazone groups is 1. The molecule has 1 aromatic carbocycles. The minimum Gasteiger partial charge on any atom is -0.379 e. The van der Waals surface area contributed by atoms with Gasteiger partial charge in [0.15, 0.2) is 0 Å². The second-order valence-corrected chi connectivity index (χ2v) is 13.8. The maximum Gasteiger partial charge on any atom is 0.322 e. The van der Waals surface area contributed by atoms with Crippen molar-refractivity contribution >= 4 is 47.0 Å². The van der Waals surface area contributed by atoms with Crippen LogP contribution >= 0.6 is 0 Å². The van der Waals surface area contributed by atoms with Gasteiger partial charge in [0.25, 0.3) is 11.8 Å². The molecule has 18 heteroatoms. The maximum absolute atomic E-state index is 12.8. The van der Waals surface area contributed by atoms with Gasteiger partial charge in [0.1, 0.15) is 0 Å². The molecule has 312 valence electrons. The number of hydrogen-bond acceptors (Lipinski definition) is 12. The molecule has 4 heterocycles. The second kappa shape index (κ2) is 23.0. The molecule has 0 bridgehead atoms. The predicted octanol–water partition coefficient (Wildman–Crippen LogP) is 1.60. The van der Waals surface area contributed by atoms with E-state index in [-0.39, 0.29) is 55.7 Å². The molecule has 0 saturated carbocycles. The Morgan fingerprint density at radius 3 is 2.05 bits per heavy atom. The molecule has 1 aromatic heterocycles. The second-order valence-electron chi connectivity index (χ2n) is 13.8. The molecule has 18 nitrogen and oxygen atoms in total. The van der Waals surface area contributed by atoms with Gasteiger partial charge in [-0.25, -0.2) is 9.80 Å². The number of benzene rings is 1. The standard InChI is InChI=1S/C40H52N8O10/c1-29-25-38(53)48(45-39(29)30-3-5-33(6-4-30)44-40(54)46-27-31-9-13-41-26-32(31)28-46)15-2-12-42-35(50)11-17-55-19-21-57-23-24-58-22-20-56-18-14-43-34(49)10-16-47-36(51)7-8-37(47)52/h3-9,13,26,29H,2,10-12,14-25,27-28H2,1H3,(H,42,50)(H,43,49)(H,44,54). The number of carbonyl (C=O) groups excluding carboxylic acids is 6. The molecule has 3 N–H and O–H groups in total. The van der Waals surface area contributed by atoms with Gasteiger partial charge in [-0.3, -0.25) is 33.9 Å². The minimum atomic E-state index is -0.411. The average molecular weight is 805 g/mol. The summed E-state index contributed by atoms with van der Waals surface area (Å²) < 4.78 is 21.8. The Morgan fingerprint density at radius 2 is 1.36 bits per heavy atom. The average Bonchev–Trinajstić information content (AvgIpc) is 3.80. The van der Waals surface area contributed by atoms with Gasteiger partial charge in [0.05, 0.1) is 58.6 Å². The van der Waals surface area contributed by atoms with E-state index in [2.05, 4.69) is 26.0 Å². The summed E-state index contributed by atoms with van der Waals surface area (Å²) in [5.74, 6) is -1.37. The Hall–Kier alpha value is -5.56. The van der Waals surface area contributed by atoms with Gasteiger partial charge >= 0.3 is 6.03 Å². The molecule has 2 aromatic rings. The summed E-state index contributed by atoms with van der Waals surface area (Å²) in [4.78, 5) is 79.6. The number of nitrogens with zero attached hydrogens (tertiary/aromatic N) is 5. The Kier molecular flexibility index (Phi) is 17.3. The van der Waals surface area contributed by atoms with E-state index in [4.69, 9.17) is 18.9 Å². The monoisotopic (exact) mass is 804 g/mol. The number of ether oxygens (including phenoxy) is 4. The van der Waals surface area contributed by atoms with Crippen molar-refractivity contribution in [2.45, 2.75) is 45.7 Å². The molecule has 0 saturated heterocycles. The largest absolute Gasteiger partial charge is 0.379 e. The van der Waals surface area contributed by atoms with Crippen LogP contribution < -0.4 is 16.0 Å². The van der Waals surface area contributed by atoms with Crippen molar-refractivity contribution in [1.82, 2.24) is 30.4 Å². The topological polar surface area (TPSA) is 210 Å². The fourth-order valence-corrected chi connectivity index (χ4v) is 6.24. The Bertz CT molecular complexity index is 1760. The summed E-state index contributed by atoms with van der Waals surface area (Å²) in [6, 6.07) is 9.22. The fraction of sp³-hybridized carbons (Fsp3) is 0.500. The number of aromatic nitrogens is 1. The van der Waals surface area contributed by atoms with E-state index in [9.17, 15) is 28.8 Å². The fourth-order valence-electron chi connectivity index (χ4n) is 6.24. The van der Waals surface area contributed by atoms with Crippen molar-refractivity contribution in [2.75, 3.05) is 84.4 Å². The molecule has 58 heavy (non-hydrogen) atoms. The lowest BCUT2D eigenvalue weighted by Crippen LogP contribution is -2.38. The molecule has 3 aliphatic heterocycles. The van der Waals surface area contributed by atoms with Crippen molar-refractivity contribution < 1.29 is 47.7 Å². The molecule has 1 unspecified atom stereocenters. The third-order valence-corrected chi connectivity index (χ3v) is 9.40. The van der Waals surface area contributed by atoms with Gasteiger partial charge in [0.2, 0.25) is 17.7 Å². The highest BCUT2D eigenvalue weighted by molar-refractivity contribution is 6.13. The number of fused-ring (bicyclic) bond motifs is 1. The van der Waals surface area contributed by atoms with E-state index in [0.29, 0.717) is 97.5 Å². The normalized spacial score (nSPS) is 16.2. The van der Waals surface area contributed by atoms with Gasteiger partial charge in [-0.15, -0.1) is 0 Å². The number of pyridine rings is 1. The summed E-state index contributed by atoms with van der Waals surface area (Å²) in [5.41, 5.74) is 4.49. The van der Waals surface area contributed by atoms with Crippen LogP contribution in [0.25, 0.3) is 0 Å². The highest BCUT2D eigenvalue weighted by Gasteiger charge is 2.28. The summed E-state index contributed by atoms with van der Waals surface area (Å²) in [6.07, 6.45) is 7.00. The van der Waals surface area contributed by atoms with Crippen LogP contribution in [0.3, 0.4) is 0 Å². The summed E-state index contributed by atoms with van der Waals surface area (Å²) >= 11 is 0. The molecule has 0 spiro atoms. The van der Waals surface area contributed by atoms with E-state index < -0.39 is 11.8 Å². The summed E-state index contributed by atoms with van der Waals surface area (Å²) in [7, 11) is 0. The number of rotatable bonds is 24. The third-order valence-electron chi connectivity index (χ3n) is 9.40. The van der Waals surface area contributed by atoms with Gasteiger partial charge in [-0.2, -0.15) is 5.10 Å². The van der Waals surface area contributed by atoms with Crippen LogP contribution in [-0.2, 0) is 56.0 Å². The molecular formula is C40H52N8O10. The molecule has 3 aliphatic rings. The summed E-state index contributed by atoms with van der Waals surface area (Å²) in [6.45, 7) is 6.86. The number of nitrogens with one attached hydrogen (secondary N) is 3. The minimum absolute atomic E-state index is 0.0319. The van der Waals surface area contributed by atoms with Crippen LogP contribution in [0.2, 0.25) is 0 Å². The van der Waals surface area contributed by atoms with Gasteiger partial charge < -0.3 is 39.8 Å². The molecule has 7 amide bonds. The molecule has 0 radical (unpaired) electrons. The van der Waals surface area contributed by atoms with E-state index in [1.54, 1.807) is 17.3 Å². The van der Waals surface area contributed by atoms with Crippen molar-refractivity contribution in [2.24, 2.45) is 11.0 Å². The predicted molar refractivity (Wildman–Crippen MR) is 210 cm³/mol. The lowest BCUT2D eigenvalue weighted by Gasteiger charge is -2.28. The lowest BCUT2D eigenvalue weighted by atomic mass is 9.93. The number of urea groups is 1. The zero-order chi connectivity index (χ0) is 41.1. The molecule has 0 fully saturated rings. The smallest absolute Gasteiger partial charge is 0.322 e. The highest BCUT2D eigenvalue weighted by Crippen LogP contribution is 2.24. The molecule has 5 rings (SSSR count). The molecule has 1 atom stereocenters. The lowest BCUT2D eigenvalue weighted by molar-refractivity contribution is -0.137. The Labute approximate surface area is 337 Å². The Balaban J connectivity index is 0.832. The zero-order valence-electron chi connectivity index (χ0n) is 32.8. The summed E-state index contributed by atoms with van der Waals surface area (Å²) in [5, 5.41) is 14.6. The first-order valence-corrected chi connectivity index (χ1v) is 19.5. The van der Waals surface area contributed by atoms with Gasteiger partial charge in [-0.05, 0) is 41.3 Å². The SMILES string of the molecule is CC1CC(=O)N(CCCNC(=O)CCOCCOCCOCCOCCNC(=O)CCN2C(=O)C=CC2=O)N=C1c1ccc(NC(=O)N2Cc3ccncc3C2)cc1. The van der Waals surface area contributed by atoms with Crippen LogP contribution in [0.4, 0.5) is 10.5 Å². The number of imide groups is 1. The van der Waals surface area contributed by atoms with Crippen molar-refractivity contribution in [3.05, 3.63) is 71.6 Å². The van der Waals surface area contributed by atoms with Crippen LogP contribution in [-0.4, -0.2) is 140 Å². The number of carbonyl (C=O) groups is 6. The number of hydrogen-bond donors (Lipinski definition) is 3. The van der Waals surface area contributed by atoms with Crippen LogP contribution in [0.1, 0.15) is 49.3 Å². The van der Waals surface area contributed by atoms with Gasteiger partial charge in [-0.1, -0.05) is 19.1 Å². The van der Waals surface area contributed by atoms with Crippen molar-refractivity contribution in [3.63, 3.8) is 0 Å². The first-order chi connectivity index (χ1) is 28.2. The first kappa shape index (κ1) is 43.6. The highest BCUT2D eigenvalue weighted by atomic mass is 16.6. The van der Waals surface area contributed by atoms with Crippen molar-refractivity contribution in [1.29, 1.82) is 0 Å². The van der Waals surface area contributed by atoms with Crippen molar-refractivity contribution in [3.8, 4) is 0 Å². The first-order valence-electron chi connectivity index (χ1n) is 19.5. The molecular weight excluding hydrogens is 752 g/mol. The van der Waals surface area contributed by atoms with Crippen LogP contribution in [0.15, 0.2) is 60.0 Å². The number of amides is 7. The quantitative estimate of drug-likeness (QED) is 0.103. The van der Waals surface area contributed by atoms with Crippen LogP contribution in [0, 0.1) is 5.92 Å². The maximum atomic E-state index is 12.8. The Morgan fingerprint density at radius 1 is 0.741 bits per heavy atom. The van der Waals surface area contributed by atoms with Crippen LogP contribution in [0.5, 0.6) is 0 Å². The van der Waals surface area contributed by atoms with E-state index in [1.165, 1.54) is 17.2 Å². The zero-order valence-corrected chi connectivity index (χ0v) is 32.8. The molecule has 0 aliphatic carbocycles. The van der Waals surface area contributed by atoms with E-state index in [0.717, 1.165) is 27.3 Å². The number of anilines is 1. The van der Waals surface area contributed by atoms with Gasteiger partial charge in [0, 0.05) is 94.7 Å². The van der Waals surface area contributed by atoms with E-state index >= 15 is 0 Å². The third kappa shape index (κ3) is 13.8.